The third kappa shape index (κ3) is 6.89. The highest BCUT2D eigenvalue weighted by molar-refractivity contribution is 5.88. The molecule has 1 N–H and O–H groups in total. The number of carbonyl (C=O) groups excluding carboxylic acids is 2. The Kier molecular flexibility index (Phi) is 8.05. The van der Waals surface area contributed by atoms with Gasteiger partial charge in [-0.05, 0) is 30.4 Å². The third-order valence-corrected chi connectivity index (χ3v) is 4.53. The van der Waals surface area contributed by atoms with E-state index in [-0.39, 0.29) is 11.8 Å². The van der Waals surface area contributed by atoms with Gasteiger partial charge in [-0.1, -0.05) is 74.5 Å². The van der Waals surface area contributed by atoms with Gasteiger partial charge in [0.1, 0.15) is 6.04 Å². The topological polar surface area (TPSA) is 49.4 Å². The van der Waals surface area contributed by atoms with E-state index in [1.54, 1.807) is 4.90 Å². The number of carbonyl (C=O) groups is 2. The maximum absolute atomic E-state index is 13.0. The molecule has 4 heteroatoms. The lowest BCUT2D eigenvalue weighted by Gasteiger charge is -2.29. The molecule has 0 aliphatic rings. The van der Waals surface area contributed by atoms with Crippen LogP contribution in [-0.2, 0) is 22.4 Å². The van der Waals surface area contributed by atoms with Gasteiger partial charge in [-0.2, -0.15) is 0 Å². The Balaban J connectivity index is 2.08. The minimum Gasteiger partial charge on any atom is -0.354 e. The minimum absolute atomic E-state index is 0.0238. The van der Waals surface area contributed by atoms with Crippen molar-refractivity contribution in [3.8, 4) is 0 Å². The van der Waals surface area contributed by atoms with Crippen molar-refractivity contribution >= 4 is 11.8 Å². The van der Waals surface area contributed by atoms with E-state index in [1.165, 1.54) is 0 Å². The van der Waals surface area contributed by atoms with Crippen molar-refractivity contribution in [3.63, 3.8) is 0 Å². The van der Waals surface area contributed by atoms with Crippen LogP contribution in [0.15, 0.2) is 60.7 Å². The number of hydrogen-bond donors (Lipinski definition) is 1. The van der Waals surface area contributed by atoms with Crippen molar-refractivity contribution in [2.24, 2.45) is 5.92 Å². The Labute approximate surface area is 162 Å². The van der Waals surface area contributed by atoms with E-state index in [2.05, 4.69) is 19.2 Å². The summed E-state index contributed by atoms with van der Waals surface area (Å²) in [4.78, 5) is 27.2. The zero-order valence-corrected chi connectivity index (χ0v) is 16.5. The van der Waals surface area contributed by atoms with Crippen LogP contribution in [0.2, 0.25) is 0 Å². The minimum atomic E-state index is -0.497. The van der Waals surface area contributed by atoms with Gasteiger partial charge in [0.05, 0.1) is 6.42 Å². The summed E-state index contributed by atoms with van der Waals surface area (Å²) < 4.78 is 0. The molecule has 27 heavy (non-hydrogen) atoms. The fourth-order valence-electron chi connectivity index (χ4n) is 2.89. The predicted octanol–water partition coefficient (Wildman–Crippen LogP) is 3.46. The molecule has 0 fully saturated rings. The van der Waals surface area contributed by atoms with Crippen LogP contribution in [0.3, 0.4) is 0 Å². The van der Waals surface area contributed by atoms with Gasteiger partial charge in [0.25, 0.3) is 0 Å². The van der Waals surface area contributed by atoms with Crippen LogP contribution in [0.4, 0.5) is 0 Å². The Morgan fingerprint density at radius 1 is 0.889 bits per heavy atom. The van der Waals surface area contributed by atoms with E-state index in [9.17, 15) is 9.59 Å². The van der Waals surface area contributed by atoms with Crippen molar-refractivity contribution in [2.45, 2.75) is 39.7 Å². The lowest BCUT2D eigenvalue weighted by molar-refractivity contribution is -0.139. The quantitative estimate of drug-likeness (QED) is 0.739. The maximum Gasteiger partial charge on any atom is 0.242 e. The molecule has 0 saturated carbocycles. The third-order valence-electron chi connectivity index (χ3n) is 4.53. The second-order valence-corrected chi connectivity index (χ2v) is 7.30. The molecule has 4 nitrogen and oxygen atoms in total. The van der Waals surface area contributed by atoms with Crippen molar-refractivity contribution in [1.29, 1.82) is 0 Å². The lowest BCUT2D eigenvalue weighted by atomic mass is 10.1. The van der Waals surface area contributed by atoms with Crippen LogP contribution >= 0.6 is 0 Å². The summed E-state index contributed by atoms with van der Waals surface area (Å²) in [6.07, 6.45) is 1.03. The van der Waals surface area contributed by atoms with E-state index >= 15 is 0 Å². The SMILES string of the molecule is CC(C)CNC(=O)C(C)N(CCc1ccccc1)C(=O)Cc1ccccc1. The molecule has 0 aliphatic carbocycles. The second-order valence-electron chi connectivity index (χ2n) is 7.30. The summed E-state index contributed by atoms with van der Waals surface area (Å²) in [5.41, 5.74) is 2.12. The molecule has 0 bridgehead atoms. The van der Waals surface area contributed by atoms with Crippen LogP contribution in [0, 0.1) is 5.92 Å². The standard InChI is InChI=1S/C23H30N2O2/c1-18(2)17-24-23(27)19(3)25(15-14-20-10-6-4-7-11-20)22(26)16-21-12-8-5-9-13-21/h4-13,18-19H,14-17H2,1-3H3,(H,24,27). The molecule has 0 saturated heterocycles. The normalized spacial score (nSPS) is 11.9. The van der Waals surface area contributed by atoms with E-state index in [1.807, 2.05) is 67.6 Å². The molecule has 2 amide bonds. The average molecular weight is 367 g/mol. The largest absolute Gasteiger partial charge is 0.354 e. The summed E-state index contributed by atoms with van der Waals surface area (Å²) in [6, 6.07) is 19.2. The van der Waals surface area contributed by atoms with Crippen molar-refractivity contribution < 1.29 is 9.59 Å². The molecule has 1 atom stereocenters. The summed E-state index contributed by atoms with van der Waals surface area (Å²) in [5, 5.41) is 2.95. The molecule has 2 aromatic carbocycles. The molecule has 2 aromatic rings. The summed E-state index contributed by atoms with van der Waals surface area (Å²) in [7, 11) is 0. The molecule has 0 aliphatic heterocycles. The Hall–Kier alpha value is -2.62. The average Bonchev–Trinajstić information content (AvgIpc) is 2.67. The second kappa shape index (κ2) is 10.5. The fraction of sp³-hybridized carbons (Fsp3) is 0.391. The fourth-order valence-corrected chi connectivity index (χ4v) is 2.89. The number of nitrogens with zero attached hydrogens (tertiary/aromatic N) is 1. The van der Waals surface area contributed by atoms with Gasteiger partial charge in [-0.3, -0.25) is 9.59 Å². The highest BCUT2D eigenvalue weighted by Crippen LogP contribution is 2.10. The van der Waals surface area contributed by atoms with Gasteiger partial charge in [0, 0.05) is 13.1 Å². The van der Waals surface area contributed by atoms with E-state index < -0.39 is 6.04 Å². The number of benzene rings is 2. The van der Waals surface area contributed by atoms with Crippen molar-refractivity contribution in [3.05, 3.63) is 71.8 Å². The first kappa shape index (κ1) is 20.7. The van der Waals surface area contributed by atoms with Crippen LogP contribution in [0.1, 0.15) is 31.9 Å². The van der Waals surface area contributed by atoms with Crippen LogP contribution in [-0.4, -0.2) is 35.8 Å². The molecule has 0 heterocycles. The van der Waals surface area contributed by atoms with E-state index in [0.29, 0.717) is 25.4 Å². The Morgan fingerprint density at radius 2 is 1.44 bits per heavy atom. The van der Waals surface area contributed by atoms with Gasteiger partial charge in [0.15, 0.2) is 0 Å². The maximum atomic E-state index is 13.0. The summed E-state index contributed by atoms with van der Waals surface area (Å²) >= 11 is 0. The van der Waals surface area contributed by atoms with Crippen molar-refractivity contribution in [1.82, 2.24) is 10.2 Å². The smallest absolute Gasteiger partial charge is 0.242 e. The van der Waals surface area contributed by atoms with Gasteiger partial charge in [-0.25, -0.2) is 0 Å². The Morgan fingerprint density at radius 3 is 2.00 bits per heavy atom. The molecule has 2 rings (SSSR count). The molecule has 0 aromatic heterocycles. The highest BCUT2D eigenvalue weighted by Gasteiger charge is 2.25. The molecule has 0 spiro atoms. The van der Waals surface area contributed by atoms with Gasteiger partial charge in [0.2, 0.25) is 11.8 Å². The molecular formula is C23H30N2O2. The molecule has 144 valence electrons. The van der Waals surface area contributed by atoms with Gasteiger partial charge in [-0.15, -0.1) is 0 Å². The molecule has 1 unspecified atom stereocenters. The summed E-state index contributed by atoms with van der Waals surface area (Å²) in [6.45, 7) is 7.05. The first-order valence-corrected chi connectivity index (χ1v) is 9.62. The van der Waals surface area contributed by atoms with Crippen LogP contribution in [0.5, 0.6) is 0 Å². The Bertz CT molecular complexity index is 714. The van der Waals surface area contributed by atoms with Gasteiger partial charge >= 0.3 is 0 Å². The molecular weight excluding hydrogens is 336 g/mol. The monoisotopic (exact) mass is 366 g/mol. The first-order chi connectivity index (χ1) is 13.0. The number of rotatable bonds is 9. The van der Waals surface area contributed by atoms with Crippen molar-refractivity contribution in [2.75, 3.05) is 13.1 Å². The first-order valence-electron chi connectivity index (χ1n) is 9.62. The summed E-state index contributed by atoms with van der Waals surface area (Å²) in [5.74, 6) is 0.251. The van der Waals surface area contributed by atoms with Crippen LogP contribution < -0.4 is 5.32 Å². The highest BCUT2D eigenvalue weighted by atomic mass is 16.2. The number of hydrogen-bond acceptors (Lipinski definition) is 2. The van der Waals surface area contributed by atoms with Crippen LogP contribution in [0.25, 0.3) is 0 Å². The van der Waals surface area contributed by atoms with E-state index in [4.69, 9.17) is 0 Å². The lowest BCUT2D eigenvalue weighted by Crippen LogP contribution is -2.49. The van der Waals surface area contributed by atoms with E-state index in [0.717, 1.165) is 17.5 Å². The predicted molar refractivity (Wildman–Crippen MR) is 109 cm³/mol. The van der Waals surface area contributed by atoms with Gasteiger partial charge < -0.3 is 10.2 Å². The molecule has 0 radical (unpaired) electrons. The number of amides is 2. The zero-order chi connectivity index (χ0) is 19.6. The number of nitrogens with one attached hydrogen (secondary N) is 1. The zero-order valence-electron chi connectivity index (χ0n) is 16.5.